The zero-order chi connectivity index (χ0) is 21.1. The molecule has 0 fully saturated rings. The molecular formula is C28H34N2. The second-order valence-electron chi connectivity index (χ2n) is 8.20. The number of nitrogens with zero attached hydrogens (tertiary/aromatic N) is 2. The number of benzene rings is 3. The first-order valence-corrected chi connectivity index (χ1v) is 11.5. The Morgan fingerprint density at radius 3 is 1.83 bits per heavy atom. The van der Waals surface area contributed by atoms with Crippen molar-refractivity contribution < 1.29 is 0 Å². The summed E-state index contributed by atoms with van der Waals surface area (Å²) >= 11 is 0. The van der Waals surface area contributed by atoms with E-state index in [2.05, 4.69) is 98.2 Å². The molecule has 0 aromatic heterocycles. The molecule has 0 spiro atoms. The average Bonchev–Trinajstić information content (AvgIpc) is 3.13. The lowest BCUT2D eigenvalue weighted by Crippen LogP contribution is -2.25. The van der Waals surface area contributed by atoms with Crippen molar-refractivity contribution in [1.29, 1.82) is 0 Å². The maximum absolute atomic E-state index is 2.45. The van der Waals surface area contributed by atoms with Crippen molar-refractivity contribution in [3.63, 3.8) is 0 Å². The lowest BCUT2D eigenvalue weighted by Gasteiger charge is -2.27. The van der Waals surface area contributed by atoms with Gasteiger partial charge in [-0.25, -0.2) is 0 Å². The predicted octanol–water partition coefficient (Wildman–Crippen LogP) is 6.54. The summed E-state index contributed by atoms with van der Waals surface area (Å²) in [5, 5.41) is 0. The Kier molecular flexibility index (Phi) is 6.13. The second kappa shape index (κ2) is 8.95. The minimum Gasteiger partial charge on any atom is -0.372 e. The molecule has 4 rings (SSSR count). The maximum Gasteiger partial charge on any atom is 0.0389 e. The molecule has 0 unspecified atom stereocenters. The molecule has 2 heteroatoms. The van der Waals surface area contributed by atoms with Crippen LogP contribution in [-0.4, -0.2) is 26.2 Å². The summed E-state index contributed by atoms with van der Waals surface area (Å²) in [7, 11) is 0. The van der Waals surface area contributed by atoms with Gasteiger partial charge in [-0.05, 0) is 92.1 Å². The van der Waals surface area contributed by atoms with Crippen molar-refractivity contribution >= 4 is 11.4 Å². The molecule has 0 bridgehead atoms. The van der Waals surface area contributed by atoms with Gasteiger partial charge in [0.15, 0.2) is 0 Å². The second-order valence-corrected chi connectivity index (χ2v) is 8.20. The SMILES string of the molecule is CCN(CC)c1cc(Cc2ccc3c(c2)Cc2ccccc2-3)cc(N(CC)CC)c1. The molecule has 1 aliphatic rings. The molecule has 1 aliphatic carbocycles. The summed E-state index contributed by atoms with van der Waals surface area (Å²) in [4.78, 5) is 4.91. The number of hydrogen-bond acceptors (Lipinski definition) is 2. The summed E-state index contributed by atoms with van der Waals surface area (Å²) in [6.07, 6.45) is 2.04. The van der Waals surface area contributed by atoms with E-state index < -0.39 is 0 Å². The van der Waals surface area contributed by atoms with Crippen molar-refractivity contribution in [2.45, 2.75) is 40.5 Å². The van der Waals surface area contributed by atoms with E-state index >= 15 is 0 Å². The molecule has 0 heterocycles. The zero-order valence-electron chi connectivity index (χ0n) is 18.9. The van der Waals surface area contributed by atoms with Crippen molar-refractivity contribution in [2.24, 2.45) is 0 Å². The Morgan fingerprint density at radius 1 is 0.600 bits per heavy atom. The predicted molar refractivity (Wildman–Crippen MR) is 131 cm³/mol. The van der Waals surface area contributed by atoms with Crippen molar-refractivity contribution in [1.82, 2.24) is 0 Å². The van der Waals surface area contributed by atoms with Gasteiger partial charge in [0.1, 0.15) is 0 Å². The number of fused-ring (bicyclic) bond motifs is 3. The van der Waals surface area contributed by atoms with Crippen LogP contribution in [0.15, 0.2) is 60.7 Å². The van der Waals surface area contributed by atoms with Crippen molar-refractivity contribution in [3.8, 4) is 11.1 Å². The molecule has 3 aromatic rings. The van der Waals surface area contributed by atoms with Gasteiger partial charge in [0.05, 0.1) is 0 Å². The fourth-order valence-corrected chi connectivity index (χ4v) is 4.85. The van der Waals surface area contributed by atoms with Crippen LogP contribution < -0.4 is 9.80 Å². The van der Waals surface area contributed by atoms with E-state index in [1.165, 1.54) is 44.8 Å². The van der Waals surface area contributed by atoms with Gasteiger partial charge in [0.2, 0.25) is 0 Å². The third kappa shape index (κ3) is 3.96. The maximum atomic E-state index is 2.45. The Balaban J connectivity index is 1.66. The summed E-state index contributed by atoms with van der Waals surface area (Å²) in [6, 6.07) is 23.0. The smallest absolute Gasteiger partial charge is 0.0389 e. The highest BCUT2D eigenvalue weighted by Gasteiger charge is 2.18. The van der Waals surface area contributed by atoms with Crippen LogP contribution in [0, 0.1) is 0 Å². The van der Waals surface area contributed by atoms with Crippen LogP contribution in [0.3, 0.4) is 0 Å². The monoisotopic (exact) mass is 398 g/mol. The fraction of sp³-hybridized carbons (Fsp3) is 0.357. The molecule has 30 heavy (non-hydrogen) atoms. The first-order valence-electron chi connectivity index (χ1n) is 11.5. The summed E-state index contributed by atoms with van der Waals surface area (Å²) < 4.78 is 0. The zero-order valence-corrected chi connectivity index (χ0v) is 18.9. The Labute approximate surface area is 182 Å². The molecule has 3 aromatic carbocycles. The quantitative estimate of drug-likeness (QED) is 0.332. The van der Waals surface area contributed by atoms with Gasteiger partial charge in [-0.3, -0.25) is 0 Å². The Morgan fingerprint density at radius 2 is 1.20 bits per heavy atom. The van der Waals surface area contributed by atoms with Crippen LogP contribution in [0.1, 0.15) is 49.9 Å². The number of anilines is 2. The topological polar surface area (TPSA) is 6.48 Å². The molecule has 0 saturated carbocycles. The first kappa shape index (κ1) is 20.5. The normalized spacial score (nSPS) is 11.9. The van der Waals surface area contributed by atoms with E-state index in [-0.39, 0.29) is 0 Å². The number of rotatable bonds is 8. The molecule has 0 aliphatic heterocycles. The fourth-order valence-electron chi connectivity index (χ4n) is 4.85. The molecule has 156 valence electrons. The molecule has 2 nitrogen and oxygen atoms in total. The Bertz CT molecular complexity index is 983. The largest absolute Gasteiger partial charge is 0.372 e. The van der Waals surface area contributed by atoms with Crippen molar-refractivity contribution in [2.75, 3.05) is 36.0 Å². The van der Waals surface area contributed by atoms with E-state index in [0.717, 1.165) is 39.0 Å². The van der Waals surface area contributed by atoms with E-state index in [4.69, 9.17) is 0 Å². The molecule has 0 N–H and O–H groups in total. The third-order valence-electron chi connectivity index (χ3n) is 6.49. The molecule has 0 amide bonds. The van der Waals surface area contributed by atoms with Crippen LogP contribution in [0.25, 0.3) is 11.1 Å². The highest BCUT2D eigenvalue weighted by molar-refractivity contribution is 5.77. The van der Waals surface area contributed by atoms with Gasteiger partial charge < -0.3 is 9.80 Å². The minimum absolute atomic E-state index is 0.979. The van der Waals surface area contributed by atoms with Crippen molar-refractivity contribution in [3.05, 3.63) is 82.9 Å². The average molecular weight is 399 g/mol. The van der Waals surface area contributed by atoms with Gasteiger partial charge in [-0.2, -0.15) is 0 Å². The van der Waals surface area contributed by atoms with Crippen LogP contribution in [0.2, 0.25) is 0 Å². The lowest BCUT2D eigenvalue weighted by atomic mass is 9.98. The van der Waals surface area contributed by atoms with E-state index in [0.29, 0.717) is 0 Å². The summed E-state index contributed by atoms with van der Waals surface area (Å²) in [6.45, 7) is 13.1. The summed E-state index contributed by atoms with van der Waals surface area (Å²) in [5.74, 6) is 0. The standard InChI is InChI=1S/C28H34N2/c1-5-29(6-2)25-17-22(18-26(20-25)30(7-3)8-4)15-21-13-14-28-24(16-21)19-23-11-9-10-12-27(23)28/h9-14,16-18,20H,5-8,15,19H2,1-4H3. The van der Waals surface area contributed by atoms with Crippen LogP contribution >= 0.6 is 0 Å². The van der Waals surface area contributed by atoms with Crippen LogP contribution in [-0.2, 0) is 12.8 Å². The highest BCUT2D eigenvalue weighted by atomic mass is 15.1. The van der Waals surface area contributed by atoms with Crippen LogP contribution in [0.5, 0.6) is 0 Å². The highest BCUT2D eigenvalue weighted by Crippen LogP contribution is 2.37. The first-order chi connectivity index (χ1) is 14.7. The van der Waals surface area contributed by atoms with Gasteiger partial charge in [-0.1, -0.05) is 42.5 Å². The van der Waals surface area contributed by atoms with Gasteiger partial charge in [0.25, 0.3) is 0 Å². The Hall–Kier alpha value is -2.74. The minimum atomic E-state index is 0.979. The van der Waals surface area contributed by atoms with Gasteiger partial charge in [-0.15, -0.1) is 0 Å². The van der Waals surface area contributed by atoms with E-state index in [1.54, 1.807) is 0 Å². The molecule has 0 radical (unpaired) electrons. The van der Waals surface area contributed by atoms with Gasteiger partial charge >= 0.3 is 0 Å². The van der Waals surface area contributed by atoms with Crippen LogP contribution in [0.4, 0.5) is 11.4 Å². The van der Waals surface area contributed by atoms with Gasteiger partial charge in [0, 0.05) is 37.6 Å². The molecular weight excluding hydrogens is 364 g/mol. The lowest BCUT2D eigenvalue weighted by molar-refractivity contribution is 0.849. The van der Waals surface area contributed by atoms with E-state index in [1.807, 2.05) is 0 Å². The molecule has 0 saturated heterocycles. The third-order valence-corrected chi connectivity index (χ3v) is 6.49. The summed E-state index contributed by atoms with van der Waals surface area (Å²) in [5.41, 5.74) is 11.2. The van der Waals surface area contributed by atoms with E-state index in [9.17, 15) is 0 Å². The molecule has 0 atom stereocenters. The number of hydrogen-bond donors (Lipinski definition) is 0.